The molecule has 28 heavy (non-hydrogen) atoms. The fourth-order valence-corrected chi connectivity index (χ4v) is 4.93. The van der Waals surface area contributed by atoms with Crippen molar-refractivity contribution in [3.63, 3.8) is 0 Å². The fourth-order valence-electron chi connectivity index (χ4n) is 3.31. The Morgan fingerprint density at radius 2 is 2.07 bits per heavy atom. The maximum atomic E-state index is 12.8. The van der Waals surface area contributed by atoms with Gasteiger partial charge in [0.25, 0.3) is 0 Å². The molecule has 0 aromatic heterocycles. The van der Waals surface area contributed by atoms with Gasteiger partial charge in [-0.1, -0.05) is 0 Å². The second-order valence-electron chi connectivity index (χ2n) is 7.29. The first kappa shape index (κ1) is 21.5. The zero-order valence-electron chi connectivity index (χ0n) is 16.3. The molecule has 1 amide bonds. The van der Waals surface area contributed by atoms with Crippen molar-refractivity contribution in [3.8, 4) is 0 Å². The minimum absolute atomic E-state index is 0.105. The summed E-state index contributed by atoms with van der Waals surface area (Å²) in [6, 6.07) is 2.77. The Morgan fingerprint density at radius 3 is 2.75 bits per heavy atom. The van der Waals surface area contributed by atoms with Crippen molar-refractivity contribution in [1.29, 1.82) is 0 Å². The van der Waals surface area contributed by atoms with Gasteiger partial charge in [0.2, 0.25) is 0 Å². The molecular weight excluding hydrogens is 476 g/mol. The van der Waals surface area contributed by atoms with E-state index in [1.807, 2.05) is 13.8 Å². The third kappa shape index (κ3) is 4.85. The van der Waals surface area contributed by atoms with Crippen molar-refractivity contribution in [3.05, 3.63) is 28.8 Å². The van der Waals surface area contributed by atoms with Crippen LogP contribution in [-0.2, 0) is 19.1 Å². The molecule has 1 aromatic carbocycles. The summed E-state index contributed by atoms with van der Waals surface area (Å²) in [7, 11) is -1.02. The summed E-state index contributed by atoms with van der Waals surface area (Å²) in [5.41, 5.74) is 2.62. The third-order valence-electron chi connectivity index (χ3n) is 4.97. The van der Waals surface area contributed by atoms with Gasteiger partial charge in [0, 0.05) is 0 Å². The first-order valence-corrected chi connectivity index (χ1v) is 11.3. The van der Waals surface area contributed by atoms with Crippen LogP contribution in [0.15, 0.2) is 12.1 Å². The number of nitrogens with one attached hydrogen (secondary N) is 2. The number of carbonyl (C=O) groups is 2. The van der Waals surface area contributed by atoms with Crippen molar-refractivity contribution < 1.29 is 44.2 Å². The number of piperazine rings is 1. The Kier molecular flexibility index (Phi) is 7.32. The second-order valence-corrected chi connectivity index (χ2v) is 9.49. The predicted octanol–water partition coefficient (Wildman–Crippen LogP) is -3.67. The van der Waals surface area contributed by atoms with Gasteiger partial charge in [0.05, 0.1) is 0 Å². The van der Waals surface area contributed by atoms with Crippen LogP contribution in [0, 0.1) is 12.8 Å². The van der Waals surface area contributed by atoms with Crippen LogP contribution in [0.3, 0.4) is 0 Å². The first-order chi connectivity index (χ1) is 13.4. The monoisotopic (exact) mass is 502 g/mol. The third-order valence-corrected chi connectivity index (χ3v) is 7.12. The zero-order chi connectivity index (χ0) is 20.3. The van der Waals surface area contributed by atoms with E-state index < -0.39 is 41.0 Å². The summed E-state index contributed by atoms with van der Waals surface area (Å²) in [4.78, 5) is 25.5. The molecule has 0 saturated carbocycles. The maximum absolute atomic E-state index is 12.8. The molecule has 0 spiro atoms. The Bertz CT molecular complexity index is 742. The van der Waals surface area contributed by atoms with E-state index in [-0.39, 0.29) is 11.8 Å². The van der Waals surface area contributed by atoms with Gasteiger partial charge < -0.3 is 0 Å². The average Bonchev–Trinajstić information content (AvgIpc) is 3.06. The summed E-state index contributed by atoms with van der Waals surface area (Å²) >= 11 is -0.851. The van der Waals surface area contributed by atoms with E-state index in [0.29, 0.717) is 23.2 Å². The van der Waals surface area contributed by atoms with Gasteiger partial charge in [0.15, 0.2) is 0 Å². The van der Waals surface area contributed by atoms with Crippen molar-refractivity contribution >= 4 is 24.5 Å². The number of carbonyl (C=O) groups excluding carboxylic acids is 2. The molecule has 8 nitrogen and oxygen atoms in total. The van der Waals surface area contributed by atoms with Crippen LogP contribution in [0.4, 0.5) is 0 Å². The van der Waals surface area contributed by atoms with Crippen molar-refractivity contribution in [2.75, 3.05) is 26.2 Å². The molecule has 2 aliphatic heterocycles. The van der Waals surface area contributed by atoms with E-state index in [1.165, 1.54) is 0 Å². The van der Waals surface area contributed by atoms with E-state index >= 15 is 0 Å². The van der Waals surface area contributed by atoms with E-state index in [9.17, 15) is 14.6 Å². The topological polar surface area (TPSA) is 100 Å². The van der Waals surface area contributed by atoms with Gasteiger partial charge in [-0.2, -0.15) is 0 Å². The number of hydrogen-bond donors (Lipinski definition) is 3. The molecule has 1 atom stereocenters. The molecule has 2 heterocycles. The van der Waals surface area contributed by atoms with E-state index in [2.05, 4.69) is 13.7 Å². The molecule has 154 valence electrons. The van der Waals surface area contributed by atoms with Crippen LogP contribution in [0.5, 0.6) is 0 Å². The van der Waals surface area contributed by atoms with E-state index in [0.717, 1.165) is 31.7 Å². The fraction of sp³-hybridized carbons (Fsp3) is 0.556. The van der Waals surface area contributed by atoms with Crippen LogP contribution in [-0.4, -0.2) is 59.4 Å². The normalized spacial score (nSPS) is 18.2. The van der Waals surface area contributed by atoms with Crippen LogP contribution < -0.4 is 38.0 Å². The molecule has 1 unspecified atom stereocenters. The van der Waals surface area contributed by atoms with Crippen molar-refractivity contribution in [2.24, 2.45) is 5.92 Å². The van der Waals surface area contributed by atoms with Crippen molar-refractivity contribution in [2.45, 2.75) is 33.4 Å². The number of fused-ring (bicyclic) bond motifs is 1. The SMILES string of the molecule is Cc1c(C(=O)NC(C(=O)O[I-]N2CCNCC2)C(C)C)ccc2c1B(O)OC2. The van der Waals surface area contributed by atoms with Crippen molar-refractivity contribution in [1.82, 2.24) is 13.7 Å². The van der Waals surface area contributed by atoms with E-state index in [1.54, 1.807) is 19.1 Å². The van der Waals surface area contributed by atoms with Crippen LogP contribution in [0.2, 0.25) is 0 Å². The molecule has 3 N–H and O–H groups in total. The van der Waals surface area contributed by atoms with Gasteiger partial charge in [-0.15, -0.1) is 0 Å². The van der Waals surface area contributed by atoms with Crippen LogP contribution >= 0.6 is 0 Å². The minimum atomic E-state index is -1.02. The predicted molar refractivity (Wildman–Crippen MR) is 100 cm³/mol. The Hall–Kier alpha value is -1.21. The number of benzene rings is 1. The Labute approximate surface area is 176 Å². The van der Waals surface area contributed by atoms with Gasteiger partial charge in [-0.3, -0.25) is 0 Å². The average molecular weight is 502 g/mol. The molecular formula is C18H26BIN3O5-. The summed E-state index contributed by atoms with van der Waals surface area (Å²) < 4.78 is 13.0. The first-order valence-electron chi connectivity index (χ1n) is 9.43. The Morgan fingerprint density at radius 1 is 1.36 bits per heavy atom. The molecule has 0 aliphatic carbocycles. The molecule has 2 aliphatic rings. The number of halogens is 1. The molecule has 3 rings (SSSR count). The second kappa shape index (κ2) is 9.53. The van der Waals surface area contributed by atoms with Crippen LogP contribution in [0.1, 0.15) is 35.3 Å². The number of rotatable bonds is 6. The van der Waals surface area contributed by atoms with Gasteiger partial charge >= 0.3 is 177 Å². The number of amides is 1. The number of nitrogens with zero attached hydrogens (tertiary/aromatic N) is 1. The summed E-state index contributed by atoms with van der Waals surface area (Å²) in [5.74, 6) is -0.848. The van der Waals surface area contributed by atoms with E-state index in [4.69, 9.17) is 7.72 Å². The molecule has 1 aromatic rings. The standard InChI is InChI=1S/C18H26BIN3O5/c1-11(2)16(18(25)28-20-23-8-6-21-7-9-23)22-17(24)14-5-4-13-10-27-19(26)15(13)12(14)3/h4-5,11,16,21,26H,6-10H2,1-3H3,(H,22,24)/q-1. The number of hydrogen-bond acceptors (Lipinski definition) is 7. The van der Waals surface area contributed by atoms with Gasteiger partial charge in [-0.25, -0.2) is 0 Å². The van der Waals surface area contributed by atoms with Gasteiger partial charge in [0.1, 0.15) is 0 Å². The summed E-state index contributed by atoms with van der Waals surface area (Å²) in [6.07, 6.45) is 0. The molecule has 1 fully saturated rings. The zero-order valence-corrected chi connectivity index (χ0v) is 18.5. The molecule has 10 heteroatoms. The van der Waals surface area contributed by atoms with Crippen LogP contribution in [0.25, 0.3) is 0 Å². The molecule has 0 bridgehead atoms. The Balaban J connectivity index is 1.66. The summed E-state index contributed by atoms with van der Waals surface area (Å²) in [5, 5.41) is 16.1. The van der Waals surface area contributed by atoms with Gasteiger partial charge in [-0.05, 0) is 0 Å². The summed E-state index contributed by atoms with van der Waals surface area (Å²) in [6.45, 7) is 9.41. The molecule has 0 radical (unpaired) electrons. The quantitative estimate of drug-likeness (QED) is 0.210. The molecule has 1 saturated heterocycles.